The average molecular weight is 442 g/mol. The van der Waals surface area contributed by atoms with Crippen molar-refractivity contribution in [2.75, 3.05) is 32.6 Å². The van der Waals surface area contributed by atoms with E-state index in [-0.39, 0.29) is 11.8 Å². The van der Waals surface area contributed by atoms with E-state index in [1.807, 2.05) is 69.9 Å². The van der Waals surface area contributed by atoms with Gasteiger partial charge < -0.3 is 19.8 Å². The quantitative estimate of drug-likeness (QED) is 0.303. The van der Waals surface area contributed by atoms with E-state index >= 15 is 0 Å². The van der Waals surface area contributed by atoms with Crippen LogP contribution in [0, 0.1) is 0 Å². The van der Waals surface area contributed by atoms with Gasteiger partial charge in [-0.25, -0.2) is 0 Å². The Hall–Kier alpha value is -3.84. The van der Waals surface area contributed by atoms with Crippen LogP contribution in [0.3, 0.4) is 0 Å². The highest BCUT2D eigenvalue weighted by molar-refractivity contribution is 6.50. The summed E-state index contributed by atoms with van der Waals surface area (Å²) in [5.74, 6) is -0.716. The van der Waals surface area contributed by atoms with Crippen LogP contribution in [0.5, 0.6) is 0 Å². The molecule has 33 heavy (non-hydrogen) atoms. The van der Waals surface area contributed by atoms with Gasteiger partial charge in [-0.3, -0.25) is 14.9 Å². The Morgan fingerprint density at radius 2 is 1.73 bits per heavy atom. The first-order chi connectivity index (χ1) is 16.0. The molecule has 1 aliphatic heterocycles. The minimum atomic E-state index is -0.360. The lowest BCUT2D eigenvalue weighted by Gasteiger charge is -2.13. The lowest BCUT2D eigenvalue weighted by molar-refractivity contribution is -0.122. The molecule has 0 saturated heterocycles. The van der Waals surface area contributed by atoms with Gasteiger partial charge in [0.1, 0.15) is 0 Å². The van der Waals surface area contributed by atoms with E-state index in [4.69, 9.17) is 0 Å². The SMILES string of the molecule is CNCCCn1cc(C2=C(c3c[nH]c4ccccc34)C(=O)NC2=O)c2ccc(N(C)C)cc21. The molecule has 2 aromatic heterocycles. The maximum absolute atomic E-state index is 13.1. The smallest absolute Gasteiger partial charge is 0.259 e. The van der Waals surface area contributed by atoms with Crippen LogP contribution in [-0.4, -0.2) is 49.1 Å². The molecule has 0 fully saturated rings. The molecule has 2 amide bonds. The number of H-pyrrole nitrogens is 1. The monoisotopic (exact) mass is 441 g/mol. The number of aryl methyl sites for hydroxylation is 1. The Labute approximate surface area is 192 Å². The van der Waals surface area contributed by atoms with Crippen molar-refractivity contribution in [3.8, 4) is 0 Å². The third-order valence-electron chi connectivity index (χ3n) is 6.27. The number of hydrogen-bond acceptors (Lipinski definition) is 4. The van der Waals surface area contributed by atoms with Crippen LogP contribution in [0.1, 0.15) is 17.5 Å². The fraction of sp³-hybridized carbons (Fsp3) is 0.231. The highest BCUT2D eigenvalue weighted by Gasteiger charge is 2.35. The molecule has 3 heterocycles. The minimum Gasteiger partial charge on any atom is -0.378 e. The zero-order valence-electron chi connectivity index (χ0n) is 19.0. The van der Waals surface area contributed by atoms with Gasteiger partial charge in [-0.2, -0.15) is 0 Å². The fourth-order valence-corrected chi connectivity index (χ4v) is 4.62. The molecule has 0 spiro atoms. The third kappa shape index (κ3) is 3.50. The van der Waals surface area contributed by atoms with E-state index < -0.39 is 0 Å². The van der Waals surface area contributed by atoms with Gasteiger partial charge in [0, 0.05) is 66.1 Å². The van der Waals surface area contributed by atoms with E-state index in [0.717, 1.165) is 58.1 Å². The summed E-state index contributed by atoms with van der Waals surface area (Å²) in [6, 6.07) is 14.0. The van der Waals surface area contributed by atoms with Gasteiger partial charge in [-0.1, -0.05) is 24.3 Å². The molecule has 168 valence electrons. The zero-order chi connectivity index (χ0) is 23.1. The van der Waals surface area contributed by atoms with Crippen LogP contribution in [0.15, 0.2) is 54.9 Å². The molecule has 0 unspecified atom stereocenters. The third-order valence-corrected chi connectivity index (χ3v) is 6.27. The number of rotatable bonds is 7. The molecule has 3 N–H and O–H groups in total. The Bertz CT molecular complexity index is 1420. The fourth-order valence-electron chi connectivity index (χ4n) is 4.62. The standard InChI is InChI=1S/C26H27N5O2/c1-27-11-6-12-31-15-20(18-10-9-16(30(2)3)13-22(18)31)24-23(25(32)29-26(24)33)19-14-28-21-8-5-4-7-17(19)21/h4-5,7-10,13-15,27-28H,6,11-12H2,1-3H3,(H,29,32,33). The molecule has 7 nitrogen and oxygen atoms in total. The Kier molecular flexibility index (Phi) is 5.26. The number of aromatic amines is 1. The molecule has 2 aromatic carbocycles. The number of imide groups is 1. The Morgan fingerprint density at radius 1 is 0.970 bits per heavy atom. The largest absolute Gasteiger partial charge is 0.378 e. The van der Waals surface area contributed by atoms with Gasteiger partial charge >= 0.3 is 0 Å². The van der Waals surface area contributed by atoms with Gasteiger partial charge in [0.25, 0.3) is 11.8 Å². The second-order valence-electron chi connectivity index (χ2n) is 8.57. The minimum absolute atomic E-state index is 0.355. The van der Waals surface area contributed by atoms with Crippen LogP contribution in [0.4, 0.5) is 5.69 Å². The molecule has 5 rings (SSSR count). The maximum atomic E-state index is 13.1. The van der Waals surface area contributed by atoms with Crippen molar-refractivity contribution in [3.63, 3.8) is 0 Å². The summed E-state index contributed by atoms with van der Waals surface area (Å²) in [6.07, 6.45) is 4.78. The highest BCUT2D eigenvalue weighted by Crippen LogP contribution is 2.39. The van der Waals surface area contributed by atoms with Crippen molar-refractivity contribution in [2.45, 2.75) is 13.0 Å². The lowest BCUT2D eigenvalue weighted by atomic mass is 9.95. The summed E-state index contributed by atoms with van der Waals surface area (Å²) in [5, 5.41) is 7.60. The van der Waals surface area contributed by atoms with Gasteiger partial charge in [-0.05, 0) is 38.2 Å². The number of amides is 2. The van der Waals surface area contributed by atoms with Crippen LogP contribution >= 0.6 is 0 Å². The molecule has 4 aromatic rings. The van der Waals surface area contributed by atoms with Crippen molar-refractivity contribution >= 4 is 50.5 Å². The maximum Gasteiger partial charge on any atom is 0.259 e. The molecular weight excluding hydrogens is 414 g/mol. The topological polar surface area (TPSA) is 82.2 Å². The normalized spacial score (nSPS) is 14.0. The summed E-state index contributed by atoms with van der Waals surface area (Å²) in [7, 11) is 5.96. The Morgan fingerprint density at radius 3 is 2.48 bits per heavy atom. The van der Waals surface area contributed by atoms with Gasteiger partial charge in [0.2, 0.25) is 0 Å². The zero-order valence-corrected chi connectivity index (χ0v) is 19.0. The van der Waals surface area contributed by atoms with Crippen molar-refractivity contribution in [1.82, 2.24) is 20.2 Å². The number of aromatic nitrogens is 2. The number of benzene rings is 2. The molecule has 1 aliphatic rings. The Balaban J connectivity index is 1.75. The summed E-state index contributed by atoms with van der Waals surface area (Å²) in [4.78, 5) is 31.4. The number of anilines is 1. The average Bonchev–Trinajstić information content (AvgIpc) is 3.46. The second-order valence-corrected chi connectivity index (χ2v) is 8.57. The molecule has 0 radical (unpaired) electrons. The molecule has 7 heteroatoms. The van der Waals surface area contributed by atoms with E-state index in [1.165, 1.54) is 0 Å². The van der Waals surface area contributed by atoms with E-state index in [0.29, 0.717) is 11.1 Å². The molecular formula is C26H27N5O2. The van der Waals surface area contributed by atoms with Crippen molar-refractivity contribution in [1.29, 1.82) is 0 Å². The number of carbonyl (C=O) groups is 2. The molecule has 0 atom stereocenters. The second kappa shape index (κ2) is 8.26. The van der Waals surface area contributed by atoms with E-state index in [2.05, 4.69) is 31.2 Å². The number of para-hydroxylation sites is 1. The van der Waals surface area contributed by atoms with Crippen LogP contribution in [0.2, 0.25) is 0 Å². The number of nitrogens with one attached hydrogen (secondary N) is 3. The van der Waals surface area contributed by atoms with Crippen molar-refractivity contribution in [3.05, 3.63) is 66.0 Å². The molecule has 0 saturated carbocycles. The van der Waals surface area contributed by atoms with Crippen molar-refractivity contribution < 1.29 is 9.59 Å². The molecule has 0 bridgehead atoms. The first-order valence-corrected chi connectivity index (χ1v) is 11.1. The number of hydrogen-bond donors (Lipinski definition) is 3. The van der Waals surface area contributed by atoms with Crippen molar-refractivity contribution in [2.24, 2.45) is 0 Å². The summed E-state index contributed by atoms with van der Waals surface area (Å²) < 4.78 is 2.19. The summed E-state index contributed by atoms with van der Waals surface area (Å²) in [5.41, 5.74) is 5.43. The van der Waals surface area contributed by atoms with Crippen LogP contribution < -0.4 is 15.5 Å². The summed E-state index contributed by atoms with van der Waals surface area (Å²) >= 11 is 0. The van der Waals surface area contributed by atoms with Gasteiger partial charge in [0.15, 0.2) is 0 Å². The first kappa shape index (κ1) is 21.0. The number of fused-ring (bicyclic) bond motifs is 2. The predicted molar refractivity (Wildman–Crippen MR) is 133 cm³/mol. The van der Waals surface area contributed by atoms with E-state index in [9.17, 15) is 9.59 Å². The lowest BCUT2D eigenvalue weighted by Crippen LogP contribution is -2.22. The van der Waals surface area contributed by atoms with E-state index in [1.54, 1.807) is 0 Å². The first-order valence-electron chi connectivity index (χ1n) is 11.1. The van der Waals surface area contributed by atoms with Gasteiger partial charge in [0.05, 0.1) is 16.7 Å². The highest BCUT2D eigenvalue weighted by atomic mass is 16.2. The predicted octanol–water partition coefficient (Wildman–Crippen LogP) is 3.37. The molecule has 0 aliphatic carbocycles. The number of nitrogens with zero attached hydrogens (tertiary/aromatic N) is 2. The summed E-state index contributed by atoms with van der Waals surface area (Å²) in [6.45, 7) is 1.70. The van der Waals surface area contributed by atoms with Gasteiger partial charge in [-0.15, -0.1) is 0 Å². The van der Waals surface area contributed by atoms with Crippen LogP contribution in [0.25, 0.3) is 33.0 Å². The van der Waals surface area contributed by atoms with Crippen LogP contribution in [-0.2, 0) is 16.1 Å². The number of carbonyl (C=O) groups excluding carboxylic acids is 2.